The van der Waals surface area contributed by atoms with Crippen LogP contribution in [0.3, 0.4) is 0 Å². The minimum Gasteiger partial charge on any atom is -0.496 e. The molecule has 1 aliphatic carbocycles. The lowest BCUT2D eigenvalue weighted by Crippen LogP contribution is -2.56. The fourth-order valence-electron chi connectivity index (χ4n) is 4.51. The number of rotatable bonds is 7. The third kappa shape index (κ3) is 4.27. The molecule has 5 heteroatoms. The fourth-order valence-corrected chi connectivity index (χ4v) is 4.51. The van der Waals surface area contributed by atoms with Gasteiger partial charge >= 0.3 is 0 Å². The second kappa shape index (κ2) is 8.88. The summed E-state index contributed by atoms with van der Waals surface area (Å²) in [4.78, 5) is 5.14. The third-order valence-electron chi connectivity index (χ3n) is 5.78. The van der Waals surface area contributed by atoms with Crippen molar-refractivity contribution < 1.29 is 14.6 Å². The second-order valence-corrected chi connectivity index (χ2v) is 7.22. The Balaban J connectivity index is 1.70. The van der Waals surface area contributed by atoms with Gasteiger partial charge in [-0.05, 0) is 31.4 Å². The molecule has 25 heavy (non-hydrogen) atoms. The molecule has 1 heterocycles. The van der Waals surface area contributed by atoms with E-state index in [1.54, 1.807) is 14.2 Å². The molecule has 2 fully saturated rings. The zero-order valence-electron chi connectivity index (χ0n) is 15.6. The number of benzene rings is 1. The molecular weight excluding hydrogens is 316 g/mol. The van der Waals surface area contributed by atoms with Crippen molar-refractivity contribution in [1.82, 2.24) is 9.80 Å². The summed E-state index contributed by atoms with van der Waals surface area (Å²) in [6.07, 6.45) is 6.21. The predicted molar refractivity (Wildman–Crippen MR) is 99.3 cm³/mol. The average molecular weight is 348 g/mol. The van der Waals surface area contributed by atoms with Gasteiger partial charge in [-0.1, -0.05) is 18.9 Å². The van der Waals surface area contributed by atoms with Crippen LogP contribution in [-0.4, -0.2) is 67.5 Å². The van der Waals surface area contributed by atoms with E-state index in [9.17, 15) is 5.11 Å². The summed E-state index contributed by atoms with van der Waals surface area (Å²) in [5.74, 6) is 1.77. The maximum absolute atomic E-state index is 9.53. The van der Waals surface area contributed by atoms with Crippen LogP contribution in [0.5, 0.6) is 11.5 Å². The van der Waals surface area contributed by atoms with Gasteiger partial charge < -0.3 is 14.6 Å². The molecule has 0 radical (unpaired) electrons. The van der Waals surface area contributed by atoms with E-state index in [2.05, 4.69) is 9.80 Å². The first-order valence-electron chi connectivity index (χ1n) is 9.55. The van der Waals surface area contributed by atoms with Crippen LogP contribution in [0.25, 0.3) is 0 Å². The van der Waals surface area contributed by atoms with Crippen LogP contribution in [0.15, 0.2) is 18.2 Å². The Morgan fingerprint density at radius 3 is 2.36 bits per heavy atom. The lowest BCUT2D eigenvalue weighted by molar-refractivity contribution is 0.0262. The van der Waals surface area contributed by atoms with Crippen molar-refractivity contribution >= 4 is 0 Å². The van der Waals surface area contributed by atoms with Crippen LogP contribution in [0.4, 0.5) is 0 Å². The highest BCUT2D eigenvalue weighted by molar-refractivity contribution is 5.44. The highest BCUT2D eigenvalue weighted by Gasteiger charge is 2.33. The quantitative estimate of drug-likeness (QED) is 0.820. The molecule has 140 valence electrons. The molecule has 1 aromatic rings. The van der Waals surface area contributed by atoms with Crippen molar-refractivity contribution in [3.05, 3.63) is 23.8 Å². The van der Waals surface area contributed by atoms with Gasteiger partial charge in [0, 0.05) is 44.9 Å². The van der Waals surface area contributed by atoms with Gasteiger partial charge in [0.2, 0.25) is 0 Å². The molecule has 3 rings (SSSR count). The monoisotopic (exact) mass is 348 g/mol. The van der Waals surface area contributed by atoms with Crippen LogP contribution in [0.2, 0.25) is 0 Å². The lowest BCUT2D eigenvalue weighted by atomic mass is 10.0. The van der Waals surface area contributed by atoms with E-state index in [0.717, 1.165) is 55.7 Å². The van der Waals surface area contributed by atoms with Crippen molar-refractivity contribution in [2.24, 2.45) is 0 Å². The van der Waals surface area contributed by atoms with Gasteiger partial charge in [0.25, 0.3) is 0 Å². The SMILES string of the molecule is COc1cccc(OC)c1CN1CCN(C2CCCC2)C(CCO)C1. The summed E-state index contributed by atoms with van der Waals surface area (Å²) >= 11 is 0. The molecule has 0 bridgehead atoms. The summed E-state index contributed by atoms with van der Waals surface area (Å²) in [5.41, 5.74) is 1.12. The van der Waals surface area contributed by atoms with Gasteiger partial charge in [0.15, 0.2) is 0 Å². The summed E-state index contributed by atoms with van der Waals surface area (Å²) < 4.78 is 11.1. The largest absolute Gasteiger partial charge is 0.496 e. The van der Waals surface area contributed by atoms with E-state index in [1.165, 1.54) is 25.7 Å². The fraction of sp³-hybridized carbons (Fsp3) is 0.700. The van der Waals surface area contributed by atoms with Crippen molar-refractivity contribution in [3.8, 4) is 11.5 Å². The zero-order chi connectivity index (χ0) is 17.6. The van der Waals surface area contributed by atoms with E-state index in [1.807, 2.05) is 18.2 Å². The Kier molecular flexibility index (Phi) is 6.57. The van der Waals surface area contributed by atoms with E-state index in [-0.39, 0.29) is 6.61 Å². The molecule has 1 atom stereocenters. The van der Waals surface area contributed by atoms with Crippen molar-refractivity contribution in [2.75, 3.05) is 40.5 Å². The van der Waals surface area contributed by atoms with E-state index >= 15 is 0 Å². The maximum atomic E-state index is 9.53. The first kappa shape index (κ1) is 18.5. The Labute approximate surface area is 151 Å². The van der Waals surface area contributed by atoms with E-state index < -0.39 is 0 Å². The zero-order valence-corrected chi connectivity index (χ0v) is 15.6. The first-order chi connectivity index (χ1) is 12.3. The number of hydrogen-bond acceptors (Lipinski definition) is 5. The molecule has 1 aliphatic heterocycles. The normalized spacial score (nSPS) is 23.1. The third-order valence-corrected chi connectivity index (χ3v) is 5.78. The standard InChI is InChI=1S/C20H32N2O3/c1-24-19-8-5-9-20(25-2)18(19)15-21-11-12-22(16-6-3-4-7-16)17(14-21)10-13-23/h5,8-9,16-17,23H,3-4,6-7,10-15H2,1-2H3. The number of ether oxygens (including phenoxy) is 2. The average Bonchev–Trinajstić information content (AvgIpc) is 3.17. The highest BCUT2D eigenvalue weighted by atomic mass is 16.5. The van der Waals surface area contributed by atoms with Crippen LogP contribution >= 0.6 is 0 Å². The lowest BCUT2D eigenvalue weighted by Gasteiger charge is -2.44. The Hall–Kier alpha value is -1.30. The minimum absolute atomic E-state index is 0.264. The number of methoxy groups -OCH3 is 2. The molecule has 1 N–H and O–H groups in total. The molecule has 2 aliphatic rings. The second-order valence-electron chi connectivity index (χ2n) is 7.22. The van der Waals surface area contributed by atoms with Crippen molar-refractivity contribution in [1.29, 1.82) is 0 Å². The molecule has 1 unspecified atom stereocenters. The summed E-state index contributed by atoms with van der Waals surface area (Å²) in [6.45, 7) is 4.23. The van der Waals surface area contributed by atoms with E-state index in [4.69, 9.17) is 9.47 Å². The minimum atomic E-state index is 0.264. The smallest absolute Gasteiger partial charge is 0.127 e. The Morgan fingerprint density at radius 1 is 1.08 bits per heavy atom. The maximum Gasteiger partial charge on any atom is 0.127 e. The molecular formula is C20H32N2O3. The van der Waals surface area contributed by atoms with Gasteiger partial charge in [-0.15, -0.1) is 0 Å². The van der Waals surface area contributed by atoms with Gasteiger partial charge in [-0.25, -0.2) is 0 Å². The molecule has 0 amide bonds. The molecule has 1 saturated heterocycles. The number of aliphatic hydroxyl groups excluding tert-OH is 1. The molecule has 1 saturated carbocycles. The van der Waals surface area contributed by atoms with Crippen molar-refractivity contribution in [3.63, 3.8) is 0 Å². The summed E-state index contributed by atoms with van der Waals surface area (Å²) in [7, 11) is 3.43. The van der Waals surface area contributed by atoms with E-state index in [0.29, 0.717) is 6.04 Å². The molecule has 0 spiro atoms. The van der Waals surface area contributed by atoms with Gasteiger partial charge in [0.1, 0.15) is 11.5 Å². The Morgan fingerprint density at radius 2 is 1.76 bits per heavy atom. The van der Waals surface area contributed by atoms with Crippen LogP contribution in [-0.2, 0) is 6.54 Å². The van der Waals surface area contributed by atoms with Crippen LogP contribution < -0.4 is 9.47 Å². The number of piperazine rings is 1. The topological polar surface area (TPSA) is 45.2 Å². The number of nitrogens with zero attached hydrogens (tertiary/aromatic N) is 2. The summed E-state index contributed by atoms with van der Waals surface area (Å²) in [5, 5.41) is 9.53. The van der Waals surface area contributed by atoms with Gasteiger partial charge in [-0.2, -0.15) is 0 Å². The van der Waals surface area contributed by atoms with Gasteiger partial charge in [0.05, 0.1) is 19.8 Å². The molecule has 5 nitrogen and oxygen atoms in total. The highest BCUT2D eigenvalue weighted by Crippen LogP contribution is 2.32. The van der Waals surface area contributed by atoms with Crippen molar-refractivity contribution in [2.45, 2.75) is 50.7 Å². The summed E-state index contributed by atoms with van der Waals surface area (Å²) in [6, 6.07) is 7.13. The van der Waals surface area contributed by atoms with Gasteiger partial charge in [-0.3, -0.25) is 9.80 Å². The van der Waals surface area contributed by atoms with Crippen LogP contribution in [0.1, 0.15) is 37.7 Å². The molecule has 0 aromatic heterocycles. The number of hydrogen-bond donors (Lipinski definition) is 1. The number of aliphatic hydroxyl groups is 1. The first-order valence-corrected chi connectivity index (χ1v) is 9.55. The van der Waals surface area contributed by atoms with Crippen LogP contribution in [0, 0.1) is 0 Å². The predicted octanol–water partition coefficient (Wildman–Crippen LogP) is 2.52. The molecule has 1 aromatic carbocycles. The Bertz CT molecular complexity index is 523.